The molecular weight excluding hydrogens is 262 g/mol. The normalized spacial score (nSPS) is 16.3. The number of rotatable bonds is 4. The third-order valence-corrected chi connectivity index (χ3v) is 3.86. The summed E-state index contributed by atoms with van der Waals surface area (Å²) in [5.41, 5.74) is 6.77. The molecule has 0 unspecified atom stereocenters. The third kappa shape index (κ3) is 3.61. The van der Waals surface area contributed by atoms with Crippen LogP contribution in [0.15, 0.2) is 18.2 Å². The monoisotopic (exact) mass is 281 g/mol. The van der Waals surface area contributed by atoms with Gasteiger partial charge in [-0.3, -0.25) is 4.79 Å². The summed E-state index contributed by atoms with van der Waals surface area (Å²) in [6.45, 7) is 3.08. The van der Waals surface area contributed by atoms with Crippen LogP contribution >= 0.6 is 11.6 Å². The maximum Gasteiger partial charge on any atom is 0.250 e. The van der Waals surface area contributed by atoms with Crippen LogP contribution in [0.4, 0.5) is 5.69 Å². The van der Waals surface area contributed by atoms with E-state index in [4.69, 9.17) is 17.3 Å². The number of nitrogens with two attached hydrogens (primary N) is 1. The van der Waals surface area contributed by atoms with E-state index in [2.05, 4.69) is 10.2 Å². The second-order valence-electron chi connectivity index (χ2n) is 5.10. The molecule has 0 aromatic heterocycles. The van der Waals surface area contributed by atoms with Crippen molar-refractivity contribution in [3.8, 4) is 0 Å². The molecule has 1 heterocycles. The Bertz CT molecular complexity index is 458. The molecule has 4 nitrogen and oxygen atoms in total. The minimum atomic E-state index is -0.435. The van der Waals surface area contributed by atoms with Crippen LogP contribution in [0.3, 0.4) is 0 Å². The van der Waals surface area contributed by atoms with Gasteiger partial charge in [-0.2, -0.15) is 0 Å². The lowest BCUT2D eigenvalue weighted by Crippen LogP contribution is -2.35. The van der Waals surface area contributed by atoms with Crippen LogP contribution in [0.1, 0.15) is 23.2 Å². The zero-order valence-corrected chi connectivity index (χ0v) is 11.9. The molecule has 19 heavy (non-hydrogen) atoms. The molecule has 1 aliphatic rings. The molecule has 0 saturated carbocycles. The van der Waals surface area contributed by atoms with Crippen molar-refractivity contribution in [2.45, 2.75) is 12.8 Å². The quantitative estimate of drug-likeness (QED) is 0.886. The molecule has 5 heteroatoms. The van der Waals surface area contributed by atoms with Crippen LogP contribution in [-0.2, 0) is 0 Å². The predicted octanol–water partition coefficient (Wildman–Crippen LogP) is 1.87. The minimum absolute atomic E-state index is 0.435. The molecule has 0 atom stereocenters. The third-order valence-electron chi connectivity index (χ3n) is 3.63. The summed E-state index contributed by atoms with van der Waals surface area (Å²) in [6.07, 6.45) is 2.34. The van der Waals surface area contributed by atoms with Gasteiger partial charge in [-0.25, -0.2) is 0 Å². The first kappa shape index (κ1) is 14.2. The Labute approximate surface area is 118 Å². The van der Waals surface area contributed by atoms with Gasteiger partial charge in [-0.15, -0.1) is 0 Å². The highest BCUT2D eigenvalue weighted by molar-refractivity contribution is 6.31. The van der Waals surface area contributed by atoms with Crippen molar-refractivity contribution in [2.75, 3.05) is 31.6 Å². The second-order valence-corrected chi connectivity index (χ2v) is 5.54. The first-order chi connectivity index (χ1) is 9.08. The van der Waals surface area contributed by atoms with E-state index in [0.717, 1.165) is 25.3 Å². The smallest absolute Gasteiger partial charge is 0.250 e. The summed E-state index contributed by atoms with van der Waals surface area (Å²) >= 11 is 5.92. The number of carbonyl (C=O) groups excluding carboxylic acids is 1. The van der Waals surface area contributed by atoms with Gasteiger partial charge < -0.3 is 16.0 Å². The molecule has 0 spiro atoms. The average Bonchev–Trinajstić information content (AvgIpc) is 2.39. The van der Waals surface area contributed by atoms with Crippen molar-refractivity contribution in [3.05, 3.63) is 28.8 Å². The number of hydrogen-bond acceptors (Lipinski definition) is 3. The first-order valence-electron chi connectivity index (χ1n) is 6.59. The standard InChI is InChI=1S/C14H20ClN3O/c1-18(9-10-4-6-17-7-5-10)13-3-2-11(15)8-12(13)14(16)19/h2-3,8,10,17H,4-7,9H2,1H3,(H2,16,19). The van der Waals surface area contributed by atoms with E-state index in [1.54, 1.807) is 12.1 Å². The predicted molar refractivity (Wildman–Crippen MR) is 78.8 cm³/mol. The summed E-state index contributed by atoms with van der Waals surface area (Å²) < 4.78 is 0. The molecule has 1 aliphatic heterocycles. The maximum absolute atomic E-state index is 11.5. The Balaban J connectivity index is 2.13. The largest absolute Gasteiger partial charge is 0.374 e. The van der Waals surface area contributed by atoms with E-state index in [1.165, 1.54) is 12.8 Å². The van der Waals surface area contributed by atoms with E-state index < -0.39 is 5.91 Å². The molecule has 104 valence electrons. The maximum atomic E-state index is 11.5. The number of anilines is 1. The Morgan fingerprint density at radius 2 is 2.16 bits per heavy atom. The van der Waals surface area contributed by atoms with Crippen molar-refractivity contribution in [1.29, 1.82) is 0 Å². The van der Waals surface area contributed by atoms with Crippen LogP contribution in [0.25, 0.3) is 0 Å². The number of primary amides is 1. The highest BCUT2D eigenvalue weighted by Crippen LogP contribution is 2.25. The number of amides is 1. The molecule has 0 aliphatic carbocycles. The average molecular weight is 282 g/mol. The lowest BCUT2D eigenvalue weighted by atomic mass is 9.97. The molecule has 2 rings (SSSR count). The van der Waals surface area contributed by atoms with Crippen LogP contribution in [0.5, 0.6) is 0 Å². The van der Waals surface area contributed by atoms with Gasteiger partial charge in [-0.05, 0) is 50.0 Å². The lowest BCUT2D eigenvalue weighted by Gasteiger charge is -2.29. The van der Waals surface area contributed by atoms with Crippen molar-refractivity contribution in [2.24, 2.45) is 11.7 Å². The van der Waals surface area contributed by atoms with Crippen molar-refractivity contribution >= 4 is 23.2 Å². The number of halogens is 1. The van der Waals surface area contributed by atoms with Crippen LogP contribution in [-0.4, -0.2) is 32.6 Å². The summed E-state index contributed by atoms with van der Waals surface area (Å²) in [5, 5.41) is 3.89. The Hall–Kier alpha value is -1.26. The summed E-state index contributed by atoms with van der Waals surface area (Å²) in [4.78, 5) is 13.6. The van der Waals surface area contributed by atoms with Gasteiger partial charge >= 0.3 is 0 Å². The number of benzene rings is 1. The number of nitrogens with zero attached hydrogens (tertiary/aromatic N) is 1. The molecule has 1 saturated heterocycles. The van der Waals surface area contributed by atoms with Gasteiger partial charge in [0, 0.05) is 24.3 Å². The van der Waals surface area contributed by atoms with Crippen molar-refractivity contribution < 1.29 is 4.79 Å². The van der Waals surface area contributed by atoms with Gasteiger partial charge in [0.2, 0.25) is 0 Å². The van der Waals surface area contributed by atoms with Crippen LogP contribution in [0.2, 0.25) is 5.02 Å². The van der Waals surface area contributed by atoms with Gasteiger partial charge in [0.15, 0.2) is 0 Å². The molecule has 1 fully saturated rings. The topological polar surface area (TPSA) is 58.4 Å². The highest BCUT2D eigenvalue weighted by Gasteiger charge is 2.18. The van der Waals surface area contributed by atoms with Gasteiger partial charge in [0.05, 0.1) is 5.56 Å². The van der Waals surface area contributed by atoms with E-state index in [-0.39, 0.29) is 0 Å². The number of piperidine rings is 1. The summed E-state index contributed by atoms with van der Waals surface area (Å²) in [7, 11) is 2.00. The van der Waals surface area contributed by atoms with Gasteiger partial charge in [-0.1, -0.05) is 11.6 Å². The zero-order chi connectivity index (χ0) is 13.8. The second kappa shape index (κ2) is 6.26. The summed E-state index contributed by atoms with van der Waals surface area (Å²) in [6, 6.07) is 5.30. The Morgan fingerprint density at radius 3 is 2.79 bits per heavy atom. The molecule has 0 radical (unpaired) electrons. The fourth-order valence-corrected chi connectivity index (χ4v) is 2.76. The molecule has 0 bridgehead atoms. The van der Waals surface area contributed by atoms with E-state index in [1.807, 2.05) is 13.1 Å². The van der Waals surface area contributed by atoms with E-state index in [0.29, 0.717) is 16.5 Å². The molecule has 1 aromatic rings. The number of carbonyl (C=O) groups is 1. The fourth-order valence-electron chi connectivity index (χ4n) is 2.59. The van der Waals surface area contributed by atoms with E-state index in [9.17, 15) is 4.79 Å². The molecular formula is C14H20ClN3O. The van der Waals surface area contributed by atoms with Crippen molar-refractivity contribution in [3.63, 3.8) is 0 Å². The van der Waals surface area contributed by atoms with Crippen molar-refractivity contribution in [1.82, 2.24) is 5.32 Å². The van der Waals surface area contributed by atoms with Crippen LogP contribution in [0, 0.1) is 5.92 Å². The minimum Gasteiger partial charge on any atom is -0.374 e. The Morgan fingerprint density at radius 1 is 1.47 bits per heavy atom. The lowest BCUT2D eigenvalue weighted by molar-refractivity contribution is 0.100. The number of hydrogen-bond donors (Lipinski definition) is 2. The number of nitrogens with one attached hydrogen (secondary N) is 1. The fraction of sp³-hybridized carbons (Fsp3) is 0.500. The zero-order valence-electron chi connectivity index (χ0n) is 11.2. The SMILES string of the molecule is CN(CC1CCNCC1)c1ccc(Cl)cc1C(N)=O. The first-order valence-corrected chi connectivity index (χ1v) is 6.97. The molecule has 3 N–H and O–H groups in total. The van der Waals surface area contributed by atoms with E-state index >= 15 is 0 Å². The summed E-state index contributed by atoms with van der Waals surface area (Å²) in [5.74, 6) is 0.220. The molecule has 1 amide bonds. The van der Waals surface area contributed by atoms with Gasteiger partial charge in [0.1, 0.15) is 0 Å². The Kier molecular flexibility index (Phi) is 4.66. The van der Waals surface area contributed by atoms with Crippen LogP contribution < -0.4 is 16.0 Å². The molecule has 1 aromatic carbocycles. The van der Waals surface area contributed by atoms with Gasteiger partial charge in [0.25, 0.3) is 5.91 Å². The highest BCUT2D eigenvalue weighted by atomic mass is 35.5.